The minimum Gasteiger partial charge on any atom is -0.464 e. The SMILES string of the molecule is CCOC(=O)C(N)(CCOCCOC)c1ccccc1. The highest BCUT2D eigenvalue weighted by Gasteiger charge is 2.37. The van der Waals surface area contributed by atoms with Gasteiger partial charge in [-0.3, -0.25) is 0 Å². The van der Waals surface area contributed by atoms with Gasteiger partial charge in [-0.25, -0.2) is 4.79 Å². The standard InChI is InChI=1S/C15H23NO4/c1-3-20-14(17)15(16,9-10-19-12-11-18-2)13-7-5-4-6-8-13/h4-8H,3,9-12,16H2,1-2H3. The number of carbonyl (C=O) groups is 1. The molecule has 0 aliphatic heterocycles. The lowest BCUT2D eigenvalue weighted by Gasteiger charge is -2.27. The van der Waals surface area contributed by atoms with Crippen molar-refractivity contribution in [3.05, 3.63) is 35.9 Å². The Bertz CT molecular complexity index is 396. The summed E-state index contributed by atoms with van der Waals surface area (Å²) in [6, 6.07) is 9.23. The summed E-state index contributed by atoms with van der Waals surface area (Å²) in [5.74, 6) is -0.429. The number of hydrogen-bond donors (Lipinski definition) is 1. The van der Waals surface area contributed by atoms with Crippen LogP contribution in [0.4, 0.5) is 0 Å². The zero-order chi connectivity index (χ0) is 14.8. The molecule has 0 amide bonds. The van der Waals surface area contributed by atoms with E-state index in [1.807, 2.05) is 30.3 Å². The summed E-state index contributed by atoms with van der Waals surface area (Å²) in [4.78, 5) is 12.2. The number of esters is 1. The second-order valence-electron chi connectivity index (χ2n) is 4.41. The van der Waals surface area contributed by atoms with E-state index in [0.29, 0.717) is 32.8 Å². The Balaban J connectivity index is 2.72. The van der Waals surface area contributed by atoms with Gasteiger partial charge in [0, 0.05) is 20.1 Å². The molecule has 2 N–H and O–H groups in total. The molecule has 0 bridgehead atoms. The molecule has 0 aromatic heterocycles. The van der Waals surface area contributed by atoms with Crippen molar-refractivity contribution in [2.45, 2.75) is 18.9 Å². The maximum Gasteiger partial charge on any atom is 0.330 e. The van der Waals surface area contributed by atoms with Crippen LogP contribution in [0.3, 0.4) is 0 Å². The lowest BCUT2D eigenvalue weighted by Crippen LogP contribution is -2.47. The molecule has 1 aromatic rings. The molecule has 112 valence electrons. The Kier molecular flexibility index (Phi) is 7.22. The van der Waals surface area contributed by atoms with Crippen LogP contribution in [0.1, 0.15) is 18.9 Å². The van der Waals surface area contributed by atoms with Gasteiger partial charge in [0.15, 0.2) is 0 Å². The zero-order valence-corrected chi connectivity index (χ0v) is 12.1. The molecule has 0 saturated carbocycles. The van der Waals surface area contributed by atoms with Crippen LogP contribution < -0.4 is 5.73 Å². The van der Waals surface area contributed by atoms with Crippen molar-refractivity contribution in [3.8, 4) is 0 Å². The highest BCUT2D eigenvalue weighted by Crippen LogP contribution is 2.24. The summed E-state index contributed by atoms with van der Waals surface area (Å²) >= 11 is 0. The molecule has 20 heavy (non-hydrogen) atoms. The smallest absolute Gasteiger partial charge is 0.330 e. The topological polar surface area (TPSA) is 70.8 Å². The minimum absolute atomic E-state index is 0.301. The lowest BCUT2D eigenvalue weighted by atomic mass is 9.88. The highest BCUT2D eigenvalue weighted by molar-refractivity contribution is 5.82. The van der Waals surface area contributed by atoms with Gasteiger partial charge in [-0.1, -0.05) is 30.3 Å². The van der Waals surface area contributed by atoms with Gasteiger partial charge in [-0.2, -0.15) is 0 Å². The van der Waals surface area contributed by atoms with Crippen LogP contribution >= 0.6 is 0 Å². The highest BCUT2D eigenvalue weighted by atomic mass is 16.5. The molecule has 1 unspecified atom stereocenters. The van der Waals surface area contributed by atoms with E-state index in [1.165, 1.54) is 0 Å². The van der Waals surface area contributed by atoms with Crippen LogP contribution in [0.2, 0.25) is 0 Å². The largest absolute Gasteiger partial charge is 0.464 e. The summed E-state index contributed by atoms with van der Waals surface area (Å²) < 4.78 is 15.4. The number of carbonyl (C=O) groups excluding carboxylic acids is 1. The fourth-order valence-corrected chi connectivity index (χ4v) is 1.84. The van der Waals surface area contributed by atoms with Crippen LogP contribution in [0.5, 0.6) is 0 Å². The Morgan fingerprint density at radius 3 is 2.50 bits per heavy atom. The molecule has 0 fully saturated rings. The van der Waals surface area contributed by atoms with Gasteiger partial charge in [0.1, 0.15) is 5.54 Å². The van der Waals surface area contributed by atoms with Crippen molar-refractivity contribution in [2.24, 2.45) is 5.73 Å². The number of ether oxygens (including phenoxy) is 3. The Labute approximate surface area is 120 Å². The van der Waals surface area contributed by atoms with Crippen molar-refractivity contribution >= 4 is 5.97 Å². The number of nitrogens with two attached hydrogens (primary N) is 1. The van der Waals surface area contributed by atoms with Gasteiger partial charge in [0.2, 0.25) is 0 Å². The lowest BCUT2D eigenvalue weighted by molar-refractivity contribution is -0.151. The molecular weight excluding hydrogens is 258 g/mol. The first-order chi connectivity index (χ1) is 9.65. The maximum atomic E-state index is 12.2. The molecule has 1 atom stereocenters. The summed E-state index contributed by atoms with van der Waals surface area (Å²) in [7, 11) is 1.61. The van der Waals surface area contributed by atoms with Gasteiger partial charge >= 0.3 is 5.97 Å². The van der Waals surface area contributed by atoms with Gasteiger partial charge in [0.25, 0.3) is 0 Å². The molecule has 1 aromatic carbocycles. The normalized spacial score (nSPS) is 13.8. The molecular formula is C15H23NO4. The van der Waals surface area contributed by atoms with Crippen molar-refractivity contribution in [3.63, 3.8) is 0 Å². The van der Waals surface area contributed by atoms with Crippen molar-refractivity contribution in [1.29, 1.82) is 0 Å². The summed E-state index contributed by atoms with van der Waals surface area (Å²) in [6.45, 7) is 3.42. The average molecular weight is 281 g/mol. The molecule has 5 heteroatoms. The first-order valence-electron chi connectivity index (χ1n) is 6.73. The first-order valence-corrected chi connectivity index (χ1v) is 6.73. The second-order valence-corrected chi connectivity index (χ2v) is 4.41. The predicted octanol–water partition coefficient (Wildman–Crippen LogP) is 1.46. The van der Waals surface area contributed by atoms with Crippen molar-refractivity contribution in [2.75, 3.05) is 33.5 Å². The molecule has 5 nitrogen and oxygen atoms in total. The van der Waals surface area contributed by atoms with E-state index in [-0.39, 0.29) is 0 Å². The van der Waals surface area contributed by atoms with E-state index in [2.05, 4.69) is 0 Å². The molecule has 0 radical (unpaired) electrons. The van der Waals surface area contributed by atoms with E-state index in [1.54, 1.807) is 14.0 Å². The number of hydrogen-bond acceptors (Lipinski definition) is 5. The number of benzene rings is 1. The second kappa shape index (κ2) is 8.68. The van der Waals surface area contributed by atoms with Crippen molar-refractivity contribution in [1.82, 2.24) is 0 Å². The van der Waals surface area contributed by atoms with E-state index in [4.69, 9.17) is 19.9 Å². The van der Waals surface area contributed by atoms with Gasteiger partial charge in [-0.15, -0.1) is 0 Å². The Morgan fingerprint density at radius 1 is 1.20 bits per heavy atom. The van der Waals surface area contributed by atoms with E-state index in [9.17, 15) is 4.79 Å². The molecule has 0 aliphatic rings. The summed E-state index contributed by atoms with van der Waals surface area (Å²) in [6.07, 6.45) is 0.361. The van der Waals surface area contributed by atoms with Gasteiger partial charge in [0.05, 0.1) is 19.8 Å². The molecule has 0 saturated heterocycles. The average Bonchev–Trinajstić information content (AvgIpc) is 2.48. The molecule has 0 aliphatic carbocycles. The van der Waals surface area contributed by atoms with Crippen LogP contribution in [0, 0.1) is 0 Å². The van der Waals surface area contributed by atoms with Crippen LogP contribution in [0.25, 0.3) is 0 Å². The number of rotatable bonds is 9. The van der Waals surface area contributed by atoms with Crippen molar-refractivity contribution < 1.29 is 19.0 Å². The van der Waals surface area contributed by atoms with E-state index < -0.39 is 11.5 Å². The molecule has 0 heterocycles. The van der Waals surface area contributed by atoms with E-state index in [0.717, 1.165) is 5.56 Å². The van der Waals surface area contributed by atoms with Gasteiger partial charge < -0.3 is 19.9 Å². The van der Waals surface area contributed by atoms with Crippen LogP contribution in [0.15, 0.2) is 30.3 Å². The monoisotopic (exact) mass is 281 g/mol. The third-order valence-corrected chi connectivity index (χ3v) is 3.00. The Morgan fingerprint density at radius 2 is 1.90 bits per heavy atom. The number of methoxy groups -OCH3 is 1. The minimum atomic E-state index is -1.18. The maximum absolute atomic E-state index is 12.2. The van der Waals surface area contributed by atoms with Gasteiger partial charge in [-0.05, 0) is 12.5 Å². The molecule has 0 spiro atoms. The summed E-state index contributed by atoms with van der Waals surface area (Å²) in [5, 5.41) is 0. The van der Waals surface area contributed by atoms with E-state index >= 15 is 0 Å². The van der Waals surface area contributed by atoms with Crippen LogP contribution in [-0.2, 0) is 24.5 Å². The first kappa shape index (κ1) is 16.6. The summed E-state index contributed by atoms with van der Waals surface area (Å²) in [5.41, 5.74) is 5.83. The fraction of sp³-hybridized carbons (Fsp3) is 0.533. The third kappa shape index (κ3) is 4.59. The molecule has 1 rings (SSSR count). The third-order valence-electron chi connectivity index (χ3n) is 3.00. The quantitative estimate of drug-likeness (QED) is 0.548. The zero-order valence-electron chi connectivity index (χ0n) is 12.1. The van der Waals surface area contributed by atoms with Crippen LogP contribution in [-0.4, -0.2) is 39.5 Å². The predicted molar refractivity (Wildman–Crippen MR) is 76.3 cm³/mol. The Hall–Kier alpha value is -1.43. The fourth-order valence-electron chi connectivity index (χ4n) is 1.84.